The van der Waals surface area contributed by atoms with Gasteiger partial charge < -0.3 is 9.62 Å². The molecule has 1 aliphatic rings. The van der Waals surface area contributed by atoms with Crippen LogP contribution in [0.1, 0.15) is 16.8 Å². The van der Waals surface area contributed by atoms with Crippen LogP contribution in [-0.2, 0) is 0 Å². The second-order valence-corrected chi connectivity index (χ2v) is 7.37. The second-order valence-electron chi connectivity index (χ2n) is 5.04. The van der Waals surface area contributed by atoms with Crippen molar-refractivity contribution in [1.29, 1.82) is 0 Å². The molecule has 1 N–H and O–H groups in total. The summed E-state index contributed by atoms with van der Waals surface area (Å²) in [5.74, 6) is 0.745. The van der Waals surface area contributed by atoms with E-state index >= 15 is 0 Å². The number of halogens is 3. The van der Waals surface area contributed by atoms with E-state index in [2.05, 4.69) is 9.62 Å². The Kier molecular flexibility index (Phi) is 5.27. The lowest BCUT2D eigenvalue weighted by Crippen LogP contribution is -2.15. The highest BCUT2D eigenvalue weighted by Gasteiger charge is 2.20. The Morgan fingerprint density at radius 3 is 2.70 bits per heavy atom. The lowest BCUT2D eigenvalue weighted by molar-refractivity contribution is 0.102. The van der Waals surface area contributed by atoms with Gasteiger partial charge in [-0.05, 0) is 48.7 Å². The minimum atomic E-state index is -0.315. The zero-order valence-electron chi connectivity index (χ0n) is 12.0. The maximum Gasteiger partial charge on any atom is 0.257 e. The first-order chi connectivity index (χ1) is 11.0. The van der Waals surface area contributed by atoms with Crippen molar-refractivity contribution in [2.45, 2.75) is 6.42 Å². The number of benzene rings is 2. The van der Waals surface area contributed by atoms with Crippen LogP contribution < -0.4 is 9.62 Å². The number of rotatable bonds is 3. The largest absolute Gasteiger partial charge is 0.322 e. The Balaban J connectivity index is 1.89. The molecule has 0 radical (unpaired) electrons. The molecule has 23 heavy (non-hydrogen) atoms. The smallest absolute Gasteiger partial charge is 0.257 e. The molecule has 120 valence electrons. The number of hydrogen-bond donors (Lipinski definition) is 1. The molecule has 1 aliphatic heterocycles. The highest BCUT2D eigenvalue weighted by Crippen LogP contribution is 2.36. The Labute approximate surface area is 154 Å². The number of hydrogen-bond acceptors (Lipinski definition) is 3. The summed E-state index contributed by atoms with van der Waals surface area (Å²) in [7, 11) is 0. The molecule has 0 spiro atoms. The fraction of sp³-hybridized carbons (Fsp3) is 0.188. The Morgan fingerprint density at radius 2 is 2.00 bits per heavy atom. The van der Waals surface area contributed by atoms with Gasteiger partial charge in [0.15, 0.2) is 0 Å². The van der Waals surface area contributed by atoms with Crippen LogP contribution in [0.4, 0.5) is 11.4 Å². The van der Waals surface area contributed by atoms with E-state index in [-0.39, 0.29) is 10.9 Å². The van der Waals surface area contributed by atoms with Crippen molar-refractivity contribution in [1.82, 2.24) is 0 Å². The molecular formula is C16H13Cl3N2OS. The van der Waals surface area contributed by atoms with Crippen LogP contribution in [0.5, 0.6) is 0 Å². The number of nitrogens with one attached hydrogen (secondary N) is 1. The van der Waals surface area contributed by atoms with Crippen molar-refractivity contribution in [2.75, 3.05) is 21.9 Å². The molecule has 1 fully saturated rings. The topological polar surface area (TPSA) is 32.3 Å². The number of anilines is 2. The average molecular weight is 388 g/mol. The minimum absolute atomic E-state index is 0.249. The van der Waals surface area contributed by atoms with E-state index in [1.165, 1.54) is 0 Å². The van der Waals surface area contributed by atoms with Crippen molar-refractivity contribution in [3.8, 4) is 0 Å². The van der Waals surface area contributed by atoms with Crippen LogP contribution >= 0.6 is 46.8 Å². The quantitative estimate of drug-likeness (QED) is 0.680. The normalized spacial score (nSPS) is 14.1. The van der Waals surface area contributed by atoms with E-state index in [0.29, 0.717) is 21.3 Å². The molecule has 7 heteroatoms. The van der Waals surface area contributed by atoms with E-state index in [4.69, 9.17) is 34.8 Å². The summed E-state index contributed by atoms with van der Waals surface area (Å²) in [6, 6.07) is 10.5. The average Bonchev–Trinajstić information content (AvgIpc) is 3.04. The van der Waals surface area contributed by atoms with Gasteiger partial charge in [0, 0.05) is 28.7 Å². The molecule has 3 nitrogen and oxygen atoms in total. The summed E-state index contributed by atoms with van der Waals surface area (Å²) in [5, 5.41) is 3.96. The summed E-state index contributed by atoms with van der Waals surface area (Å²) in [6.45, 7) is 0.929. The lowest BCUT2D eigenvalue weighted by atomic mass is 10.1. The summed E-state index contributed by atoms with van der Waals surface area (Å²) in [5.41, 5.74) is 1.84. The molecule has 0 saturated carbocycles. The highest BCUT2D eigenvalue weighted by molar-refractivity contribution is 8.00. The van der Waals surface area contributed by atoms with Crippen molar-refractivity contribution in [3.05, 3.63) is 57.0 Å². The highest BCUT2D eigenvalue weighted by atomic mass is 35.5. The first kappa shape index (κ1) is 16.8. The van der Waals surface area contributed by atoms with E-state index < -0.39 is 0 Å². The third-order valence-corrected chi connectivity index (χ3v) is 5.59. The molecule has 1 saturated heterocycles. The molecule has 0 bridgehead atoms. The zero-order chi connectivity index (χ0) is 16.4. The lowest BCUT2D eigenvalue weighted by Gasteiger charge is -2.18. The summed E-state index contributed by atoms with van der Waals surface area (Å²) in [6.07, 6.45) is 1.11. The number of amides is 1. The molecular weight excluding hydrogens is 375 g/mol. The van der Waals surface area contributed by atoms with Gasteiger partial charge in [-0.15, -0.1) is 0 Å². The minimum Gasteiger partial charge on any atom is -0.322 e. The molecule has 3 rings (SSSR count). The predicted molar refractivity (Wildman–Crippen MR) is 100 cm³/mol. The summed E-state index contributed by atoms with van der Waals surface area (Å²) >= 11 is 20.1. The molecule has 0 aliphatic carbocycles. The first-order valence-electron chi connectivity index (χ1n) is 7.01. The van der Waals surface area contributed by atoms with Gasteiger partial charge in [-0.3, -0.25) is 4.79 Å². The number of nitrogens with zero attached hydrogens (tertiary/aromatic N) is 1. The van der Waals surface area contributed by atoms with Crippen LogP contribution in [-0.4, -0.2) is 18.2 Å². The zero-order valence-corrected chi connectivity index (χ0v) is 15.1. The predicted octanol–water partition coefficient (Wildman–Crippen LogP) is 5.76. The Bertz CT molecular complexity index is 748. The molecule has 0 aromatic heterocycles. The van der Waals surface area contributed by atoms with Crippen LogP contribution in [0.15, 0.2) is 36.4 Å². The van der Waals surface area contributed by atoms with Crippen LogP contribution in [0.25, 0.3) is 0 Å². The van der Waals surface area contributed by atoms with Crippen molar-refractivity contribution in [2.24, 2.45) is 0 Å². The maximum atomic E-state index is 12.5. The Morgan fingerprint density at radius 1 is 1.17 bits per heavy atom. The van der Waals surface area contributed by atoms with Crippen molar-refractivity contribution in [3.63, 3.8) is 0 Å². The van der Waals surface area contributed by atoms with Gasteiger partial charge >= 0.3 is 0 Å². The van der Waals surface area contributed by atoms with Gasteiger partial charge in [0.05, 0.1) is 15.6 Å². The van der Waals surface area contributed by atoms with Gasteiger partial charge in [-0.1, -0.05) is 40.9 Å². The van der Waals surface area contributed by atoms with E-state index in [1.54, 1.807) is 48.3 Å². The molecule has 2 aromatic rings. The molecule has 1 amide bonds. The molecule has 2 aromatic carbocycles. The number of carbonyl (C=O) groups is 1. The summed E-state index contributed by atoms with van der Waals surface area (Å²) in [4.78, 5) is 12.5. The number of carbonyl (C=O) groups excluding carboxylic acids is 1. The second kappa shape index (κ2) is 7.22. The monoisotopic (exact) mass is 386 g/mol. The van der Waals surface area contributed by atoms with Gasteiger partial charge in [-0.2, -0.15) is 0 Å². The third-order valence-electron chi connectivity index (χ3n) is 3.38. The van der Waals surface area contributed by atoms with E-state index in [1.807, 2.05) is 0 Å². The SMILES string of the molecule is O=C(Nc1cccc(Cl)c1)c1cc(N2CCCS2)cc(Cl)c1Cl. The third kappa shape index (κ3) is 3.89. The standard InChI is InChI=1S/C16H13Cl3N2OS/c17-10-3-1-4-11(7-10)20-16(22)13-8-12(9-14(18)15(13)19)21-5-2-6-23-21/h1,3-4,7-9H,2,5-6H2,(H,20,22). The van der Waals surface area contributed by atoms with Crippen LogP contribution in [0.3, 0.4) is 0 Å². The van der Waals surface area contributed by atoms with Crippen LogP contribution in [0.2, 0.25) is 15.1 Å². The Hall–Kier alpha value is -1.07. The molecule has 0 unspecified atom stereocenters. The van der Waals surface area contributed by atoms with Crippen molar-refractivity contribution < 1.29 is 4.79 Å². The summed E-state index contributed by atoms with van der Waals surface area (Å²) < 4.78 is 2.12. The van der Waals surface area contributed by atoms with Gasteiger partial charge in [0.25, 0.3) is 5.91 Å². The van der Waals surface area contributed by atoms with Gasteiger partial charge in [0.1, 0.15) is 0 Å². The fourth-order valence-corrected chi connectivity index (χ4v) is 3.89. The van der Waals surface area contributed by atoms with Gasteiger partial charge in [0.2, 0.25) is 0 Å². The molecule has 0 atom stereocenters. The fourth-order valence-electron chi connectivity index (χ4n) is 2.30. The molecule has 1 heterocycles. The van der Waals surface area contributed by atoms with E-state index in [0.717, 1.165) is 24.4 Å². The van der Waals surface area contributed by atoms with E-state index in [9.17, 15) is 4.79 Å². The van der Waals surface area contributed by atoms with Crippen LogP contribution in [0, 0.1) is 0 Å². The van der Waals surface area contributed by atoms with Crippen molar-refractivity contribution >= 4 is 64.0 Å². The maximum absolute atomic E-state index is 12.5. The first-order valence-corrected chi connectivity index (χ1v) is 9.08. The van der Waals surface area contributed by atoms with Gasteiger partial charge in [-0.25, -0.2) is 0 Å².